The van der Waals surface area contributed by atoms with Gasteiger partial charge in [-0.25, -0.2) is 12.8 Å². The van der Waals surface area contributed by atoms with Crippen LogP contribution in [0.15, 0.2) is 29.2 Å². The summed E-state index contributed by atoms with van der Waals surface area (Å²) in [4.78, 5) is 23.4. The van der Waals surface area contributed by atoms with Gasteiger partial charge in [0.25, 0.3) is 5.91 Å². The minimum atomic E-state index is -4.23. The molecule has 0 radical (unpaired) electrons. The molecule has 0 bridgehead atoms. The van der Waals surface area contributed by atoms with E-state index >= 15 is 0 Å². The first-order valence-electron chi connectivity index (χ1n) is 8.93. The molecule has 1 fully saturated rings. The number of ether oxygens (including phenoxy) is 1. The highest BCUT2D eigenvalue weighted by atomic mass is 32.2. The van der Waals surface area contributed by atoms with Crippen molar-refractivity contribution in [2.45, 2.75) is 56.5 Å². The quantitative estimate of drug-likeness (QED) is 0.679. The molecule has 7 nitrogen and oxygen atoms in total. The van der Waals surface area contributed by atoms with Gasteiger partial charge in [0.15, 0.2) is 6.61 Å². The van der Waals surface area contributed by atoms with E-state index in [1.807, 2.05) is 0 Å². The van der Waals surface area contributed by atoms with Gasteiger partial charge in [0.1, 0.15) is 16.8 Å². The first-order valence-corrected chi connectivity index (χ1v) is 10.4. The molecule has 1 aliphatic carbocycles. The zero-order chi connectivity index (χ0) is 20.0. The van der Waals surface area contributed by atoms with E-state index in [1.54, 1.807) is 0 Å². The Morgan fingerprint density at radius 3 is 2.59 bits per heavy atom. The van der Waals surface area contributed by atoms with Gasteiger partial charge < -0.3 is 10.1 Å². The van der Waals surface area contributed by atoms with Crippen LogP contribution in [0, 0.1) is 11.7 Å². The molecule has 1 aromatic rings. The number of esters is 1. The molecule has 2 N–H and O–H groups in total. The van der Waals surface area contributed by atoms with Gasteiger partial charge >= 0.3 is 5.97 Å². The number of carbonyl (C=O) groups excluding carboxylic acids is 2. The van der Waals surface area contributed by atoms with Crippen LogP contribution in [-0.4, -0.2) is 39.0 Å². The molecule has 9 heteroatoms. The summed E-state index contributed by atoms with van der Waals surface area (Å²) in [5.74, 6) is -1.90. The fourth-order valence-electron chi connectivity index (χ4n) is 3.05. The highest BCUT2D eigenvalue weighted by Gasteiger charge is 2.27. The molecular formula is C18H25FN2O5S. The first-order chi connectivity index (χ1) is 12.7. The van der Waals surface area contributed by atoms with Crippen molar-refractivity contribution in [2.24, 2.45) is 5.92 Å². The van der Waals surface area contributed by atoms with Crippen molar-refractivity contribution in [3.8, 4) is 0 Å². The van der Waals surface area contributed by atoms with E-state index in [2.05, 4.69) is 17.0 Å². The summed E-state index contributed by atoms with van der Waals surface area (Å²) in [6, 6.07) is 3.62. The molecule has 1 amide bonds. The topological polar surface area (TPSA) is 102 Å². The van der Waals surface area contributed by atoms with Crippen LogP contribution in [0.3, 0.4) is 0 Å². The van der Waals surface area contributed by atoms with Crippen molar-refractivity contribution in [3.05, 3.63) is 30.1 Å². The Labute approximate surface area is 158 Å². The van der Waals surface area contributed by atoms with Gasteiger partial charge in [-0.3, -0.25) is 9.59 Å². The molecule has 0 spiro atoms. The molecule has 0 unspecified atom stereocenters. The monoisotopic (exact) mass is 400 g/mol. The van der Waals surface area contributed by atoms with Crippen LogP contribution >= 0.6 is 0 Å². The summed E-state index contributed by atoms with van der Waals surface area (Å²) in [5, 5.41) is 2.84. The van der Waals surface area contributed by atoms with Gasteiger partial charge in [-0.15, -0.1) is 0 Å². The maximum atomic E-state index is 13.7. The van der Waals surface area contributed by atoms with E-state index in [-0.39, 0.29) is 6.04 Å². The largest absolute Gasteiger partial charge is 0.454 e. The van der Waals surface area contributed by atoms with Crippen LogP contribution in [0.4, 0.5) is 4.39 Å². The fraction of sp³-hybridized carbons (Fsp3) is 0.556. The molecule has 0 aromatic heterocycles. The molecular weight excluding hydrogens is 375 g/mol. The molecule has 3 atom stereocenters. The lowest BCUT2D eigenvalue weighted by Crippen LogP contribution is -2.44. The SMILES string of the molecule is C[C@H](NS(=O)(=O)c1ccccc1F)C(=O)OCC(=O)N[C@@H]1CCCC[C@H]1C. The van der Waals surface area contributed by atoms with E-state index < -0.39 is 45.3 Å². The zero-order valence-electron chi connectivity index (χ0n) is 15.4. The van der Waals surface area contributed by atoms with E-state index in [0.717, 1.165) is 37.8 Å². The Morgan fingerprint density at radius 2 is 1.93 bits per heavy atom. The predicted molar refractivity (Wildman–Crippen MR) is 96.7 cm³/mol. The highest BCUT2D eigenvalue weighted by molar-refractivity contribution is 7.89. The third-order valence-electron chi connectivity index (χ3n) is 4.62. The molecule has 27 heavy (non-hydrogen) atoms. The lowest BCUT2D eigenvalue weighted by molar-refractivity contribution is -0.150. The third kappa shape index (κ3) is 6.00. The average molecular weight is 400 g/mol. The molecule has 2 rings (SSSR count). The Bertz CT molecular complexity index is 784. The summed E-state index contributed by atoms with van der Waals surface area (Å²) < 4.78 is 44.9. The lowest BCUT2D eigenvalue weighted by Gasteiger charge is -2.29. The van der Waals surface area contributed by atoms with Crippen molar-refractivity contribution in [1.29, 1.82) is 0 Å². The van der Waals surface area contributed by atoms with Crippen LogP contribution in [0.1, 0.15) is 39.5 Å². The van der Waals surface area contributed by atoms with Gasteiger partial charge in [-0.1, -0.05) is 31.9 Å². The van der Waals surface area contributed by atoms with Gasteiger partial charge in [0.2, 0.25) is 10.0 Å². The summed E-state index contributed by atoms with van der Waals surface area (Å²) in [7, 11) is -4.23. The minimum absolute atomic E-state index is 0.0573. The van der Waals surface area contributed by atoms with Crippen LogP contribution in [-0.2, 0) is 24.3 Å². The molecule has 1 aromatic carbocycles. The second-order valence-electron chi connectivity index (χ2n) is 6.82. The van der Waals surface area contributed by atoms with Gasteiger partial charge in [0, 0.05) is 6.04 Å². The smallest absolute Gasteiger partial charge is 0.324 e. The van der Waals surface area contributed by atoms with E-state index in [4.69, 9.17) is 4.74 Å². The van der Waals surface area contributed by atoms with Crippen molar-refractivity contribution in [1.82, 2.24) is 10.0 Å². The van der Waals surface area contributed by atoms with Crippen molar-refractivity contribution in [2.75, 3.05) is 6.61 Å². The number of sulfonamides is 1. The molecule has 0 aliphatic heterocycles. The number of benzene rings is 1. The molecule has 0 heterocycles. The lowest BCUT2D eigenvalue weighted by atomic mass is 9.86. The van der Waals surface area contributed by atoms with E-state index in [9.17, 15) is 22.4 Å². The van der Waals surface area contributed by atoms with Crippen molar-refractivity contribution in [3.63, 3.8) is 0 Å². The van der Waals surface area contributed by atoms with Crippen LogP contribution in [0.5, 0.6) is 0 Å². The van der Waals surface area contributed by atoms with Crippen LogP contribution in [0.2, 0.25) is 0 Å². The summed E-state index contributed by atoms with van der Waals surface area (Å²) in [6.07, 6.45) is 4.12. The van der Waals surface area contributed by atoms with Crippen LogP contribution < -0.4 is 10.0 Å². The third-order valence-corrected chi connectivity index (χ3v) is 6.19. The number of hydrogen-bond donors (Lipinski definition) is 2. The minimum Gasteiger partial charge on any atom is -0.454 e. The Hall–Kier alpha value is -2.00. The number of carbonyl (C=O) groups is 2. The standard InChI is InChI=1S/C18H25FN2O5S/c1-12-7-3-5-9-15(12)20-17(22)11-26-18(23)13(2)21-27(24,25)16-10-6-4-8-14(16)19/h4,6,8,10,12-13,15,21H,3,5,7,9,11H2,1-2H3,(H,20,22)/t12-,13+,15-/m1/s1. The highest BCUT2D eigenvalue weighted by Crippen LogP contribution is 2.23. The Morgan fingerprint density at radius 1 is 1.26 bits per heavy atom. The predicted octanol–water partition coefficient (Wildman–Crippen LogP) is 1.73. The van der Waals surface area contributed by atoms with E-state index in [1.165, 1.54) is 19.1 Å². The van der Waals surface area contributed by atoms with Crippen LogP contribution in [0.25, 0.3) is 0 Å². The van der Waals surface area contributed by atoms with Gasteiger partial charge in [-0.05, 0) is 37.8 Å². The summed E-state index contributed by atoms with van der Waals surface area (Å²) in [5.41, 5.74) is 0. The van der Waals surface area contributed by atoms with Crippen molar-refractivity contribution < 1.29 is 27.1 Å². The molecule has 0 saturated heterocycles. The number of rotatable bonds is 7. The number of nitrogens with one attached hydrogen (secondary N) is 2. The number of hydrogen-bond acceptors (Lipinski definition) is 5. The molecule has 1 aliphatic rings. The molecule has 150 valence electrons. The number of halogens is 1. The number of amides is 1. The maximum Gasteiger partial charge on any atom is 0.324 e. The summed E-state index contributed by atoms with van der Waals surface area (Å²) in [6.45, 7) is 2.84. The molecule has 1 saturated carbocycles. The normalized spacial score (nSPS) is 21.3. The Kier molecular flexibility index (Phi) is 7.32. The Balaban J connectivity index is 1.84. The second-order valence-corrected chi connectivity index (χ2v) is 8.50. The average Bonchev–Trinajstić information content (AvgIpc) is 2.61. The maximum absolute atomic E-state index is 13.7. The fourth-order valence-corrected chi connectivity index (χ4v) is 4.32. The summed E-state index contributed by atoms with van der Waals surface area (Å²) >= 11 is 0. The van der Waals surface area contributed by atoms with Gasteiger partial charge in [0.05, 0.1) is 0 Å². The van der Waals surface area contributed by atoms with Gasteiger partial charge in [-0.2, -0.15) is 4.72 Å². The zero-order valence-corrected chi connectivity index (χ0v) is 16.2. The first kappa shape index (κ1) is 21.3. The van der Waals surface area contributed by atoms with Crippen molar-refractivity contribution >= 4 is 21.9 Å². The van der Waals surface area contributed by atoms with E-state index in [0.29, 0.717) is 5.92 Å². The second kappa shape index (κ2) is 9.27.